The van der Waals surface area contributed by atoms with E-state index < -0.39 is 37.9 Å². The van der Waals surface area contributed by atoms with E-state index in [0.29, 0.717) is 6.07 Å². The lowest BCUT2D eigenvalue weighted by Crippen LogP contribution is -2.19. The van der Waals surface area contributed by atoms with E-state index in [1.54, 1.807) is 0 Å². The predicted octanol–water partition coefficient (Wildman–Crippen LogP) is 4.71. The summed E-state index contributed by atoms with van der Waals surface area (Å²) in [5.74, 6) is 0. The molecule has 0 spiro atoms. The SMILES string of the molecule is O=C(Cl)c1ccc(C(F)(F)F)c(C(F)(F)F)c1I. The van der Waals surface area contributed by atoms with Crippen molar-refractivity contribution in [1.29, 1.82) is 0 Å². The topological polar surface area (TPSA) is 17.1 Å². The molecule has 0 aromatic heterocycles. The summed E-state index contributed by atoms with van der Waals surface area (Å²) in [4.78, 5) is 10.8. The molecule has 0 aliphatic heterocycles. The van der Waals surface area contributed by atoms with Gasteiger partial charge in [-0.25, -0.2) is 0 Å². The molecular formula is C9H2ClF6IO. The molecule has 0 atom stereocenters. The van der Waals surface area contributed by atoms with E-state index in [-0.39, 0.29) is 6.07 Å². The Morgan fingerprint density at radius 1 is 1.06 bits per heavy atom. The molecule has 0 heterocycles. The van der Waals surface area contributed by atoms with Gasteiger partial charge in [-0.3, -0.25) is 4.79 Å². The molecule has 9 heteroatoms. The van der Waals surface area contributed by atoms with Gasteiger partial charge in [0.25, 0.3) is 5.24 Å². The third kappa shape index (κ3) is 3.08. The van der Waals surface area contributed by atoms with Crippen molar-refractivity contribution < 1.29 is 31.1 Å². The van der Waals surface area contributed by atoms with Gasteiger partial charge < -0.3 is 0 Å². The molecule has 100 valence electrons. The molecule has 0 bridgehead atoms. The Bertz CT molecular complexity index is 493. The maximum atomic E-state index is 12.6. The van der Waals surface area contributed by atoms with Crippen LogP contribution in [-0.2, 0) is 12.4 Å². The number of hydrogen-bond acceptors (Lipinski definition) is 1. The molecule has 18 heavy (non-hydrogen) atoms. The second-order valence-electron chi connectivity index (χ2n) is 3.12. The summed E-state index contributed by atoms with van der Waals surface area (Å²) in [6, 6.07) is 0.815. The number of alkyl halides is 6. The van der Waals surface area contributed by atoms with E-state index in [1.807, 2.05) is 0 Å². The van der Waals surface area contributed by atoms with Crippen LogP contribution in [0, 0.1) is 3.57 Å². The summed E-state index contributed by atoms with van der Waals surface area (Å²) >= 11 is 6.03. The fourth-order valence-corrected chi connectivity index (χ4v) is 2.58. The van der Waals surface area contributed by atoms with Crippen LogP contribution in [-0.4, -0.2) is 5.24 Å². The summed E-state index contributed by atoms with van der Waals surface area (Å²) < 4.78 is 74.4. The van der Waals surface area contributed by atoms with Crippen LogP contribution in [0.4, 0.5) is 26.3 Å². The molecule has 1 aromatic rings. The Morgan fingerprint density at radius 3 is 1.89 bits per heavy atom. The number of rotatable bonds is 1. The Balaban J connectivity index is 3.69. The van der Waals surface area contributed by atoms with Gasteiger partial charge in [-0.1, -0.05) is 0 Å². The Labute approximate surface area is 115 Å². The molecule has 0 saturated carbocycles. The highest BCUT2D eigenvalue weighted by atomic mass is 127. The van der Waals surface area contributed by atoms with Crippen molar-refractivity contribution in [1.82, 2.24) is 0 Å². The van der Waals surface area contributed by atoms with Crippen LogP contribution in [0.25, 0.3) is 0 Å². The zero-order valence-corrected chi connectivity index (χ0v) is 11.0. The molecule has 0 saturated heterocycles. The van der Waals surface area contributed by atoms with Crippen molar-refractivity contribution >= 4 is 39.4 Å². The minimum absolute atomic E-state index is 0.195. The predicted molar refractivity (Wildman–Crippen MR) is 59.3 cm³/mol. The molecule has 1 aromatic carbocycles. The second kappa shape index (κ2) is 4.87. The first kappa shape index (κ1) is 15.5. The van der Waals surface area contributed by atoms with Gasteiger partial charge >= 0.3 is 12.4 Å². The third-order valence-electron chi connectivity index (χ3n) is 1.94. The lowest BCUT2D eigenvalue weighted by atomic mass is 10.0. The fourth-order valence-electron chi connectivity index (χ4n) is 1.24. The van der Waals surface area contributed by atoms with Crippen LogP contribution in [0.3, 0.4) is 0 Å². The number of carbonyl (C=O) groups excluding carboxylic acids is 1. The standard InChI is InChI=1S/C9H2ClF6IO/c10-7(18)3-1-2-4(8(11,12)13)5(6(3)17)9(14,15)16/h1-2H. The van der Waals surface area contributed by atoms with Crippen LogP contribution in [0.2, 0.25) is 0 Å². The zero-order valence-electron chi connectivity index (χ0n) is 8.09. The Hall–Kier alpha value is -0.510. The van der Waals surface area contributed by atoms with Crippen molar-refractivity contribution in [3.05, 3.63) is 32.4 Å². The second-order valence-corrected chi connectivity index (χ2v) is 4.54. The lowest BCUT2D eigenvalue weighted by molar-refractivity contribution is -0.162. The third-order valence-corrected chi connectivity index (χ3v) is 3.27. The zero-order chi connectivity index (χ0) is 14.3. The highest BCUT2D eigenvalue weighted by Crippen LogP contribution is 2.43. The minimum Gasteiger partial charge on any atom is -0.276 e. The molecule has 0 amide bonds. The van der Waals surface area contributed by atoms with Crippen molar-refractivity contribution in [3.63, 3.8) is 0 Å². The molecule has 0 unspecified atom stereocenters. The maximum absolute atomic E-state index is 12.6. The van der Waals surface area contributed by atoms with E-state index in [2.05, 4.69) is 0 Å². The van der Waals surface area contributed by atoms with Gasteiger partial charge in [0, 0.05) is 9.13 Å². The number of halogens is 8. The average molecular weight is 402 g/mol. The molecule has 0 fully saturated rings. The first-order valence-electron chi connectivity index (χ1n) is 4.13. The van der Waals surface area contributed by atoms with Crippen molar-refractivity contribution in [3.8, 4) is 0 Å². The van der Waals surface area contributed by atoms with Gasteiger partial charge in [-0.05, 0) is 46.3 Å². The molecule has 0 N–H and O–H groups in total. The van der Waals surface area contributed by atoms with Gasteiger partial charge in [0.2, 0.25) is 0 Å². The van der Waals surface area contributed by atoms with Gasteiger partial charge in [0.1, 0.15) is 0 Å². The first-order valence-corrected chi connectivity index (χ1v) is 5.58. The van der Waals surface area contributed by atoms with Crippen molar-refractivity contribution in [2.24, 2.45) is 0 Å². The van der Waals surface area contributed by atoms with Crippen LogP contribution in [0.15, 0.2) is 12.1 Å². The minimum atomic E-state index is -5.23. The summed E-state index contributed by atoms with van der Waals surface area (Å²) in [7, 11) is 0. The van der Waals surface area contributed by atoms with Crippen LogP contribution >= 0.6 is 34.2 Å². The number of hydrogen-bond donors (Lipinski definition) is 0. The summed E-state index contributed by atoms with van der Waals surface area (Å²) in [6.45, 7) is 0. The smallest absolute Gasteiger partial charge is 0.276 e. The first-order chi connectivity index (χ1) is 7.96. The van der Waals surface area contributed by atoms with Gasteiger partial charge in [0.05, 0.1) is 11.1 Å². The molecular weight excluding hydrogens is 400 g/mol. The summed E-state index contributed by atoms with van der Waals surface area (Å²) in [5, 5.41) is -1.25. The van der Waals surface area contributed by atoms with Crippen LogP contribution in [0.1, 0.15) is 21.5 Å². The molecule has 0 radical (unpaired) electrons. The highest BCUT2D eigenvalue weighted by molar-refractivity contribution is 14.1. The molecule has 0 aliphatic carbocycles. The van der Waals surface area contributed by atoms with Crippen LogP contribution in [0.5, 0.6) is 0 Å². The van der Waals surface area contributed by atoms with E-state index >= 15 is 0 Å². The van der Waals surface area contributed by atoms with E-state index in [0.717, 1.165) is 22.6 Å². The van der Waals surface area contributed by atoms with Crippen molar-refractivity contribution in [2.75, 3.05) is 0 Å². The quantitative estimate of drug-likeness (QED) is 0.378. The monoisotopic (exact) mass is 402 g/mol. The fraction of sp³-hybridized carbons (Fsp3) is 0.222. The maximum Gasteiger partial charge on any atom is 0.418 e. The van der Waals surface area contributed by atoms with E-state index in [9.17, 15) is 31.1 Å². The number of carbonyl (C=O) groups is 1. The summed E-state index contributed by atoms with van der Waals surface area (Å²) in [5.41, 5.74) is -4.36. The van der Waals surface area contributed by atoms with Gasteiger partial charge in [-0.15, -0.1) is 0 Å². The van der Waals surface area contributed by atoms with Crippen LogP contribution < -0.4 is 0 Å². The molecule has 1 nitrogen and oxygen atoms in total. The Kier molecular flexibility index (Phi) is 4.21. The summed E-state index contributed by atoms with van der Waals surface area (Å²) in [6.07, 6.45) is -10.4. The number of benzene rings is 1. The Morgan fingerprint density at radius 2 is 1.56 bits per heavy atom. The molecule has 1 rings (SSSR count). The highest BCUT2D eigenvalue weighted by Gasteiger charge is 2.45. The van der Waals surface area contributed by atoms with E-state index in [1.165, 1.54) is 0 Å². The van der Waals surface area contributed by atoms with Gasteiger partial charge in [0.15, 0.2) is 0 Å². The molecule has 0 aliphatic rings. The average Bonchev–Trinajstić information content (AvgIpc) is 2.12. The van der Waals surface area contributed by atoms with E-state index in [4.69, 9.17) is 11.6 Å². The largest absolute Gasteiger partial charge is 0.418 e. The normalized spacial score (nSPS) is 12.7. The lowest BCUT2D eigenvalue weighted by Gasteiger charge is -2.18. The van der Waals surface area contributed by atoms with Crippen molar-refractivity contribution in [2.45, 2.75) is 12.4 Å². The van der Waals surface area contributed by atoms with Gasteiger partial charge in [-0.2, -0.15) is 26.3 Å².